The van der Waals surface area contributed by atoms with Gasteiger partial charge in [0.2, 0.25) is 0 Å². The number of ether oxygens (including phenoxy) is 2. The molecule has 2 aromatic carbocycles. The molecule has 3 N–H and O–H groups in total. The van der Waals surface area contributed by atoms with E-state index in [-0.39, 0.29) is 76.6 Å². The molecule has 4 aliphatic heterocycles. The zero-order valence-corrected chi connectivity index (χ0v) is 24.8. The van der Waals surface area contributed by atoms with E-state index in [1.165, 1.54) is 6.07 Å². The quantitative estimate of drug-likeness (QED) is 0.329. The van der Waals surface area contributed by atoms with E-state index in [9.17, 15) is 9.65 Å². The van der Waals surface area contributed by atoms with Gasteiger partial charge >= 0.3 is 6.01 Å². The molecule has 3 saturated heterocycles. The Morgan fingerprint density at radius 3 is 2.64 bits per heavy atom. The number of halogens is 3. The average molecular weight is 622 g/mol. The van der Waals surface area contributed by atoms with Crippen LogP contribution in [-0.2, 0) is 18.0 Å². The maximum absolute atomic E-state index is 17.2. The second-order valence-electron chi connectivity index (χ2n) is 12.1. The molecule has 9 nitrogen and oxygen atoms in total. The number of piperazine rings is 1. The van der Waals surface area contributed by atoms with Crippen molar-refractivity contribution in [3.63, 3.8) is 0 Å². The Bertz CT molecular complexity index is 1860. The number of hydrogen-bond donors (Lipinski definition) is 2. The standard InChI is InChI=1S/C31H30F3N7O2S/c1-40-10-14(32)6-17(40)11-43-31-38-28-25(30(39-31)41-15-2-3-16(41)9-37-8-15)20-13-42-12-19(20)24(27(28)34)26-21(33)4-5-22-23(26)18(7-35)29(36)44-22/h4-5,14-17,37H,2-3,6,8-13,36H2,1H3/t14-,15?,16?,17-/m0/s1. The zero-order chi connectivity index (χ0) is 30.3. The van der Waals surface area contributed by atoms with Crippen LogP contribution in [0.5, 0.6) is 6.01 Å². The van der Waals surface area contributed by atoms with Crippen molar-refractivity contribution in [2.24, 2.45) is 0 Å². The molecule has 6 heterocycles. The first-order valence-electron chi connectivity index (χ1n) is 14.8. The molecule has 4 aromatic rings. The molecular weight excluding hydrogens is 591 g/mol. The number of aromatic nitrogens is 2. The predicted octanol–water partition coefficient (Wildman–Crippen LogP) is 4.64. The number of nitrogens with zero attached hydrogens (tertiary/aromatic N) is 5. The second kappa shape index (κ2) is 10.4. The molecule has 0 amide bonds. The summed E-state index contributed by atoms with van der Waals surface area (Å²) < 4.78 is 59.7. The van der Waals surface area contributed by atoms with Crippen LogP contribution >= 0.6 is 11.3 Å². The van der Waals surface area contributed by atoms with Crippen LogP contribution in [0.1, 0.15) is 36.0 Å². The molecular formula is C31H30F3N7O2S. The summed E-state index contributed by atoms with van der Waals surface area (Å²) in [5, 5.41) is 14.4. The highest BCUT2D eigenvalue weighted by molar-refractivity contribution is 7.23. The number of thiophene rings is 1. The minimum Gasteiger partial charge on any atom is -0.462 e. The van der Waals surface area contributed by atoms with Crippen LogP contribution in [0.25, 0.3) is 32.1 Å². The number of hydrogen-bond acceptors (Lipinski definition) is 10. The summed E-state index contributed by atoms with van der Waals surface area (Å²) in [5.74, 6) is -0.831. The highest BCUT2D eigenvalue weighted by atomic mass is 32.1. The first-order chi connectivity index (χ1) is 21.3. The number of likely N-dealkylation sites (tertiary alicyclic amines) is 1. The summed E-state index contributed by atoms with van der Waals surface area (Å²) in [6.45, 7) is 2.25. The number of fused-ring (bicyclic) bond motifs is 6. The molecule has 2 aromatic heterocycles. The van der Waals surface area contributed by atoms with E-state index in [0.29, 0.717) is 40.0 Å². The average Bonchev–Trinajstić information content (AvgIpc) is 3.75. The van der Waals surface area contributed by atoms with Gasteiger partial charge in [-0.05, 0) is 49.6 Å². The van der Waals surface area contributed by atoms with Crippen molar-refractivity contribution in [2.75, 3.05) is 43.9 Å². The molecule has 0 spiro atoms. The second-order valence-corrected chi connectivity index (χ2v) is 13.2. The molecule has 228 valence electrons. The monoisotopic (exact) mass is 621 g/mol. The first-order valence-corrected chi connectivity index (χ1v) is 15.7. The number of nitriles is 1. The maximum atomic E-state index is 17.2. The number of nitrogen functional groups attached to an aromatic ring is 1. The lowest BCUT2D eigenvalue weighted by Crippen LogP contribution is -2.52. The SMILES string of the molecule is CN1C[C@@H](F)C[C@H]1COc1nc(N2C3CCC2CNC3)c2c3c(c(-c4c(F)ccc5sc(N)c(C#N)c45)c(F)c2n1)COC3. The van der Waals surface area contributed by atoms with Crippen molar-refractivity contribution in [3.05, 3.63) is 40.5 Å². The highest BCUT2D eigenvalue weighted by Gasteiger charge is 2.41. The van der Waals surface area contributed by atoms with Gasteiger partial charge in [-0.15, -0.1) is 11.3 Å². The number of nitrogens with two attached hydrogens (primary N) is 1. The van der Waals surface area contributed by atoms with E-state index in [1.807, 2.05) is 11.9 Å². The molecule has 2 bridgehead atoms. The minimum absolute atomic E-state index is 0.00318. The van der Waals surface area contributed by atoms with Gasteiger partial charge in [-0.25, -0.2) is 13.2 Å². The molecule has 4 aliphatic rings. The minimum atomic E-state index is -0.942. The summed E-state index contributed by atoms with van der Waals surface area (Å²) in [5.41, 5.74) is 7.45. The fraction of sp³-hybridized carbons (Fsp3) is 0.452. The van der Waals surface area contributed by atoms with Crippen LogP contribution in [0, 0.1) is 23.0 Å². The highest BCUT2D eigenvalue weighted by Crippen LogP contribution is 2.48. The van der Waals surface area contributed by atoms with Crippen molar-refractivity contribution in [3.8, 4) is 23.2 Å². The molecule has 4 atom stereocenters. The lowest BCUT2D eigenvalue weighted by molar-refractivity contribution is 0.135. The lowest BCUT2D eigenvalue weighted by atomic mass is 9.90. The van der Waals surface area contributed by atoms with Crippen LogP contribution < -0.4 is 20.7 Å². The van der Waals surface area contributed by atoms with Gasteiger partial charge in [-0.1, -0.05) is 0 Å². The molecule has 3 fully saturated rings. The van der Waals surface area contributed by atoms with Gasteiger partial charge in [0.25, 0.3) is 0 Å². The Hall–Kier alpha value is -3.70. The van der Waals surface area contributed by atoms with Gasteiger partial charge in [-0.3, -0.25) is 4.90 Å². The number of rotatable bonds is 5. The molecule has 0 saturated carbocycles. The van der Waals surface area contributed by atoms with Crippen molar-refractivity contribution in [1.29, 1.82) is 5.26 Å². The summed E-state index contributed by atoms with van der Waals surface area (Å²) in [6.07, 6.45) is 1.32. The third-order valence-electron chi connectivity index (χ3n) is 9.62. The zero-order valence-electron chi connectivity index (χ0n) is 24.0. The number of benzene rings is 2. The van der Waals surface area contributed by atoms with E-state index in [2.05, 4.69) is 21.3 Å². The van der Waals surface area contributed by atoms with Gasteiger partial charge in [0.05, 0.1) is 24.2 Å². The largest absolute Gasteiger partial charge is 0.462 e. The number of nitrogens with one attached hydrogen (secondary N) is 1. The number of alkyl halides is 1. The van der Waals surface area contributed by atoms with Gasteiger partial charge in [0.1, 0.15) is 41.0 Å². The molecule has 0 aliphatic carbocycles. The van der Waals surface area contributed by atoms with E-state index in [4.69, 9.17) is 20.2 Å². The normalized spacial score (nSPS) is 24.8. The molecule has 2 unspecified atom stereocenters. The van der Waals surface area contributed by atoms with Crippen molar-refractivity contribution >= 4 is 43.1 Å². The third kappa shape index (κ3) is 4.15. The Kier molecular flexibility index (Phi) is 6.60. The van der Waals surface area contributed by atoms with E-state index >= 15 is 8.78 Å². The van der Waals surface area contributed by atoms with Gasteiger partial charge in [-0.2, -0.15) is 15.2 Å². The van der Waals surface area contributed by atoms with Crippen molar-refractivity contribution in [1.82, 2.24) is 20.2 Å². The van der Waals surface area contributed by atoms with Gasteiger partial charge < -0.3 is 25.4 Å². The predicted molar refractivity (Wildman–Crippen MR) is 161 cm³/mol. The van der Waals surface area contributed by atoms with Crippen LogP contribution in [0.15, 0.2) is 12.1 Å². The van der Waals surface area contributed by atoms with Crippen LogP contribution in [0.3, 0.4) is 0 Å². The van der Waals surface area contributed by atoms with E-state index in [1.54, 1.807) is 6.07 Å². The fourth-order valence-electron chi connectivity index (χ4n) is 7.55. The van der Waals surface area contributed by atoms with Crippen LogP contribution in [0.4, 0.5) is 24.0 Å². The summed E-state index contributed by atoms with van der Waals surface area (Å²) in [4.78, 5) is 13.6. The molecule has 0 radical (unpaired) electrons. The van der Waals surface area contributed by atoms with Crippen LogP contribution in [0.2, 0.25) is 0 Å². The van der Waals surface area contributed by atoms with Crippen molar-refractivity contribution in [2.45, 2.75) is 56.8 Å². The van der Waals surface area contributed by atoms with Gasteiger partial charge in [0, 0.05) is 59.0 Å². The van der Waals surface area contributed by atoms with Crippen LogP contribution in [-0.4, -0.2) is 72.5 Å². The lowest BCUT2D eigenvalue weighted by Gasteiger charge is -2.37. The van der Waals surface area contributed by atoms with E-state index in [0.717, 1.165) is 37.3 Å². The fourth-order valence-corrected chi connectivity index (χ4v) is 8.47. The third-order valence-corrected chi connectivity index (χ3v) is 10.6. The van der Waals surface area contributed by atoms with Crippen molar-refractivity contribution < 1.29 is 22.6 Å². The molecule has 44 heavy (non-hydrogen) atoms. The molecule has 8 rings (SSSR count). The molecule has 13 heteroatoms. The smallest absolute Gasteiger partial charge is 0.319 e. The summed E-state index contributed by atoms with van der Waals surface area (Å²) in [7, 11) is 1.84. The topological polar surface area (TPSA) is 113 Å². The maximum Gasteiger partial charge on any atom is 0.319 e. The summed E-state index contributed by atoms with van der Waals surface area (Å²) >= 11 is 1.16. The first kappa shape index (κ1) is 27.8. The Morgan fingerprint density at radius 2 is 1.91 bits per heavy atom. The number of likely N-dealkylation sites (N-methyl/N-ethyl adjacent to an activating group) is 1. The van der Waals surface area contributed by atoms with E-state index < -0.39 is 17.8 Å². The van der Waals surface area contributed by atoms with Gasteiger partial charge in [0.15, 0.2) is 5.82 Å². The summed E-state index contributed by atoms with van der Waals surface area (Å²) in [6, 6.07) is 5.05. The Balaban J connectivity index is 1.38. The Morgan fingerprint density at radius 1 is 1.14 bits per heavy atom. The number of anilines is 2. The Labute approximate surface area is 255 Å².